The van der Waals surface area contributed by atoms with Crippen molar-refractivity contribution in [1.82, 2.24) is 20.0 Å². The highest BCUT2D eigenvalue weighted by Gasteiger charge is 2.44. The summed E-state index contributed by atoms with van der Waals surface area (Å²) in [5, 5.41) is 24.5. The number of allylic oxidation sites excluding steroid dienone is 1. The quantitative estimate of drug-likeness (QED) is 0.180. The number of phenols is 1. The van der Waals surface area contributed by atoms with Crippen LogP contribution in [0.4, 0.5) is 17.1 Å². The summed E-state index contributed by atoms with van der Waals surface area (Å²) in [4.78, 5) is 63.3. The molecule has 3 fully saturated rings. The van der Waals surface area contributed by atoms with Gasteiger partial charge in [0.1, 0.15) is 17.6 Å². The van der Waals surface area contributed by atoms with Gasteiger partial charge in [-0.1, -0.05) is 18.2 Å². The number of amidine groups is 1. The Morgan fingerprint density at radius 3 is 2.45 bits per heavy atom. The summed E-state index contributed by atoms with van der Waals surface area (Å²) in [5.41, 5.74) is 10.8. The van der Waals surface area contributed by atoms with Crippen LogP contribution in [0.1, 0.15) is 52.0 Å². The lowest BCUT2D eigenvalue weighted by atomic mass is 9.98. The van der Waals surface area contributed by atoms with E-state index in [1.54, 1.807) is 48.5 Å². The molecule has 272 valence electrons. The minimum absolute atomic E-state index is 0.0634. The number of piperidine rings is 2. The van der Waals surface area contributed by atoms with Crippen LogP contribution in [0.5, 0.6) is 5.75 Å². The number of aliphatic imine (C=N–C) groups is 1. The Kier molecular flexibility index (Phi) is 8.90. The van der Waals surface area contributed by atoms with Crippen molar-refractivity contribution in [2.75, 3.05) is 49.5 Å². The van der Waals surface area contributed by atoms with Crippen molar-refractivity contribution >= 4 is 52.2 Å². The second-order valence-corrected chi connectivity index (χ2v) is 14.1. The van der Waals surface area contributed by atoms with E-state index in [0.29, 0.717) is 29.7 Å². The van der Waals surface area contributed by atoms with Gasteiger partial charge in [-0.25, -0.2) is 0 Å². The molecule has 14 heteroatoms. The van der Waals surface area contributed by atoms with Gasteiger partial charge in [0, 0.05) is 67.8 Å². The predicted octanol–water partition coefficient (Wildman–Crippen LogP) is 2.81. The smallest absolute Gasteiger partial charge is 0.262 e. The highest BCUT2D eigenvalue weighted by atomic mass is 16.3. The first-order valence-corrected chi connectivity index (χ1v) is 18.0. The number of fused-ring (bicyclic) bond motifs is 2. The molecule has 0 bridgehead atoms. The van der Waals surface area contributed by atoms with Gasteiger partial charge in [-0.3, -0.25) is 39.3 Å². The Hall–Kier alpha value is -6.02. The van der Waals surface area contributed by atoms with E-state index >= 15 is 0 Å². The summed E-state index contributed by atoms with van der Waals surface area (Å²) in [6, 6.07) is 19.6. The van der Waals surface area contributed by atoms with Gasteiger partial charge in [0.25, 0.3) is 11.8 Å². The molecule has 0 saturated carbocycles. The number of carbonyl (C=O) groups is 4. The molecule has 2 unspecified atom stereocenters. The second-order valence-electron chi connectivity index (χ2n) is 14.1. The molecule has 2 atom stereocenters. The van der Waals surface area contributed by atoms with Crippen LogP contribution in [0, 0.1) is 5.41 Å². The molecule has 14 nitrogen and oxygen atoms in total. The maximum atomic E-state index is 13.3. The van der Waals surface area contributed by atoms with Crippen molar-refractivity contribution in [2.45, 2.75) is 43.8 Å². The number of nitrogens with two attached hydrogens (primary N) is 1. The number of imide groups is 2. The highest BCUT2D eigenvalue weighted by molar-refractivity contribution is 6.23. The van der Waals surface area contributed by atoms with E-state index in [1.807, 2.05) is 12.1 Å². The van der Waals surface area contributed by atoms with Gasteiger partial charge >= 0.3 is 0 Å². The number of anilines is 3. The molecule has 3 saturated heterocycles. The average molecular weight is 716 g/mol. The molecular weight excluding hydrogens is 674 g/mol. The van der Waals surface area contributed by atoms with Gasteiger partial charge in [0.05, 0.1) is 35.1 Å². The van der Waals surface area contributed by atoms with Gasteiger partial charge in [-0.2, -0.15) is 0 Å². The lowest BCUT2D eigenvalue weighted by molar-refractivity contribution is -0.136. The normalized spacial score (nSPS) is 23.1. The fourth-order valence-corrected chi connectivity index (χ4v) is 8.17. The molecule has 0 radical (unpaired) electrons. The van der Waals surface area contributed by atoms with Crippen LogP contribution < -0.4 is 21.3 Å². The molecule has 3 aromatic rings. The van der Waals surface area contributed by atoms with E-state index in [4.69, 9.17) is 11.1 Å². The predicted molar refractivity (Wildman–Crippen MR) is 200 cm³/mol. The minimum atomic E-state index is -1.00. The number of hydrogen-bond donors (Lipinski definition) is 5. The molecule has 5 heterocycles. The number of aromatic hydroxyl groups is 1. The first kappa shape index (κ1) is 34.1. The molecule has 5 aliphatic rings. The fourth-order valence-electron chi connectivity index (χ4n) is 8.17. The Morgan fingerprint density at radius 1 is 0.887 bits per heavy atom. The van der Waals surface area contributed by atoms with Gasteiger partial charge in [0.15, 0.2) is 0 Å². The molecular formula is C39H41N9O5. The van der Waals surface area contributed by atoms with Crippen molar-refractivity contribution in [3.63, 3.8) is 0 Å². The molecule has 5 aliphatic heterocycles. The number of phenolic OH excluding ortho intramolecular Hbond substituents is 1. The zero-order chi connectivity index (χ0) is 36.8. The van der Waals surface area contributed by atoms with Gasteiger partial charge in [0.2, 0.25) is 11.8 Å². The van der Waals surface area contributed by atoms with Crippen LogP contribution in [0.2, 0.25) is 0 Å². The summed E-state index contributed by atoms with van der Waals surface area (Å²) < 4.78 is 0. The summed E-state index contributed by atoms with van der Waals surface area (Å²) in [5.74, 6) is -1.61. The van der Waals surface area contributed by atoms with Crippen LogP contribution in [0.3, 0.4) is 0 Å². The Morgan fingerprint density at radius 2 is 1.66 bits per heavy atom. The maximum Gasteiger partial charge on any atom is 0.262 e. The van der Waals surface area contributed by atoms with Crippen molar-refractivity contribution in [3.05, 3.63) is 95.2 Å². The van der Waals surface area contributed by atoms with Crippen LogP contribution in [0.15, 0.2) is 83.5 Å². The van der Waals surface area contributed by atoms with Crippen LogP contribution >= 0.6 is 0 Å². The lowest BCUT2D eigenvalue weighted by Crippen LogP contribution is -2.60. The van der Waals surface area contributed by atoms with Gasteiger partial charge < -0.3 is 31.4 Å². The molecule has 0 aromatic heterocycles. The van der Waals surface area contributed by atoms with E-state index in [2.05, 4.69) is 42.5 Å². The van der Waals surface area contributed by atoms with Gasteiger partial charge in [-0.05, 0) is 73.9 Å². The topological polar surface area (TPSA) is 188 Å². The van der Waals surface area contributed by atoms with Crippen molar-refractivity contribution in [1.29, 1.82) is 5.41 Å². The average Bonchev–Trinajstić information content (AvgIpc) is 3.40. The Bertz CT molecular complexity index is 2090. The lowest BCUT2D eigenvalue weighted by Gasteiger charge is -2.49. The standard InChI is InChI=1S/C39H41N9O5/c40-31(29-6-1-2-7-34(29)49)20-33-36(41)42-21-27-22-46(16-17-47(27)33)25-12-14-45(15-13-25)26-5-3-4-23(18-26)43-24-8-9-28-30(19-24)39(53)48(38(28)52)32-10-11-35(50)44-37(32)51/h1-9,18-20,25,27,32,40,43,49H,10-17,21-22H2,(H2,41,42)(H,44,50,51)/b33-20+,40-31?. The Balaban J connectivity index is 0.880. The number of hydrogen-bond acceptors (Lipinski definition) is 12. The molecule has 8 rings (SSSR count). The third kappa shape index (κ3) is 6.50. The molecule has 3 aromatic carbocycles. The molecule has 6 N–H and O–H groups in total. The zero-order valence-corrected chi connectivity index (χ0v) is 29.1. The zero-order valence-electron chi connectivity index (χ0n) is 29.1. The van der Waals surface area contributed by atoms with Crippen LogP contribution in [-0.2, 0) is 9.59 Å². The maximum absolute atomic E-state index is 13.3. The summed E-state index contributed by atoms with van der Waals surface area (Å²) in [7, 11) is 0. The monoisotopic (exact) mass is 715 g/mol. The van der Waals surface area contributed by atoms with Crippen LogP contribution in [0.25, 0.3) is 0 Å². The number of piperazine rings is 1. The largest absolute Gasteiger partial charge is 0.507 e. The summed E-state index contributed by atoms with van der Waals surface area (Å²) in [6.45, 7) is 4.94. The summed E-state index contributed by atoms with van der Waals surface area (Å²) >= 11 is 0. The number of amides is 4. The number of rotatable bonds is 7. The Labute approximate surface area is 306 Å². The number of nitrogens with zero attached hydrogens (tertiary/aromatic N) is 5. The number of para-hydroxylation sites is 1. The number of carbonyl (C=O) groups excluding carboxylic acids is 4. The first-order chi connectivity index (χ1) is 25.6. The van der Waals surface area contributed by atoms with E-state index in [1.165, 1.54) is 0 Å². The second kappa shape index (κ2) is 13.8. The number of benzene rings is 3. The van der Waals surface area contributed by atoms with E-state index in [0.717, 1.165) is 67.5 Å². The number of nitrogens with one attached hydrogen (secondary N) is 3. The van der Waals surface area contributed by atoms with Crippen molar-refractivity contribution < 1.29 is 24.3 Å². The fraction of sp³-hybridized carbons (Fsp3) is 0.333. The highest BCUT2D eigenvalue weighted by Crippen LogP contribution is 2.33. The summed E-state index contributed by atoms with van der Waals surface area (Å²) in [6.07, 6.45) is 3.94. The van der Waals surface area contributed by atoms with Gasteiger partial charge in [-0.15, -0.1) is 0 Å². The molecule has 0 aliphatic carbocycles. The third-order valence-corrected chi connectivity index (χ3v) is 11.0. The minimum Gasteiger partial charge on any atom is -0.507 e. The van der Waals surface area contributed by atoms with E-state index in [-0.39, 0.29) is 41.5 Å². The van der Waals surface area contributed by atoms with Crippen molar-refractivity contribution in [3.8, 4) is 5.75 Å². The molecule has 53 heavy (non-hydrogen) atoms. The third-order valence-electron chi connectivity index (χ3n) is 11.0. The molecule has 4 amide bonds. The van der Waals surface area contributed by atoms with E-state index < -0.39 is 29.7 Å². The van der Waals surface area contributed by atoms with Crippen LogP contribution in [-0.4, -0.2) is 112 Å². The van der Waals surface area contributed by atoms with Crippen molar-refractivity contribution in [2.24, 2.45) is 10.7 Å². The molecule has 0 spiro atoms. The van der Waals surface area contributed by atoms with E-state index in [9.17, 15) is 24.3 Å². The first-order valence-electron chi connectivity index (χ1n) is 18.0. The SMILES string of the molecule is N=C(/C=C1\C(N)=NCC2CN(C3CCN(c4cccc(Nc5ccc6c(c5)C(=O)N(C5CCC(=O)NC5=O)C6=O)c4)CC3)CCN12)c1ccccc1O.